The van der Waals surface area contributed by atoms with Crippen molar-refractivity contribution in [3.63, 3.8) is 0 Å². The zero-order valence-corrected chi connectivity index (χ0v) is 18.3. The van der Waals surface area contributed by atoms with Crippen molar-refractivity contribution >= 4 is 21.5 Å². The maximum Gasteiger partial charge on any atom is 0.191 e. The Labute approximate surface area is 173 Å². The van der Waals surface area contributed by atoms with Crippen LogP contribution in [-0.4, -0.2) is 47.9 Å². The van der Waals surface area contributed by atoms with Crippen molar-refractivity contribution < 1.29 is 13.2 Å². The molecule has 0 aliphatic rings. The third-order valence-corrected chi connectivity index (χ3v) is 5.63. The van der Waals surface area contributed by atoms with Gasteiger partial charge in [0, 0.05) is 45.7 Å². The van der Waals surface area contributed by atoms with E-state index in [2.05, 4.69) is 33.1 Å². The fraction of sp³-hybridized carbons (Fsp3) is 0.381. The van der Waals surface area contributed by atoms with Gasteiger partial charge in [-0.25, -0.2) is 8.42 Å². The highest BCUT2D eigenvalue weighted by Gasteiger charge is 2.11. The molecule has 0 bridgehead atoms. The van der Waals surface area contributed by atoms with Crippen LogP contribution in [0.4, 0.5) is 5.69 Å². The van der Waals surface area contributed by atoms with Gasteiger partial charge in [0.15, 0.2) is 15.8 Å². The molecular formula is C21H30N4O3S. The summed E-state index contributed by atoms with van der Waals surface area (Å²) in [5, 5.41) is 9.82. The Morgan fingerprint density at radius 3 is 2.21 bits per heavy atom. The van der Waals surface area contributed by atoms with E-state index >= 15 is 0 Å². The van der Waals surface area contributed by atoms with E-state index < -0.39 is 9.84 Å². The Morgan fingerprint density at radius 1 is 1.03 bits per heavy atom. The summed E-state index contributed by atoms with van der Waals surface area (Å²) >= 11 is 0. The van der Waals surface area contributed by atoms with Crippen LogP contribution >= 0.6 is 0 Å². The monoisotopic (exact) mass is 418 g/mol. The van der Waals surface area contributed by atoms with Gasteiger partial charge in [-0.3, -0.25) is 4.99 Å². The number of methoxy groups -OCH3 is 1. The first-order valence-corrected chi connectivity index (χ1v) is 11.3. The van der Waals surface area contributed by atoms with Crippen LogP contribution in [0.2, 0.25) is 0 Å². The third-order valence-electron chi connectivity index (χ3n) is 4.37. The zero-order valence-electron chi connectivity index (χ0n) is 17.5. The molecule has 0 saturated carbocycles. The topological polar surface area (TPSA) is 91.8 Å². The number of anilines is 1. The molecule has 29 heavy (non-hydrogen) atoms. The summed E-state index contributed by atoms with van der Waals surface area (Å²) in [6.07, 6.45) is 1.22. The molecule has 0 aliphatic carbocycles. The van der Waals surface area contributed by atoms with E-state index in [1.54, 1.807) is 27.1 Å². The Morgan fingerprint density at radius 2 is 1.66 bits per heavy atom. The molecule has 2 rings (SSSR count). The lowest BCUT2D eigenvalue weighted by molar-refractivity contribution is 0.211. The lowest BCUT2D eigenvalue weighted by atomic mass is 10.1. The maximum absolute atomic E-state index is 11.7. The van der Waals surface area contributed by atoms with Crippen LogP contribution in [0, 0.1) is 6.92 Å². The Hall–Kier alpha value is -2.58. The van der Waals surface area contributed by atoms with Gasteiger partial charge in [-0.2, -0.15) is 0 Å². The van der Waals surface area contributed by atoms with E-state index in [0.717, 1.165) is 28.9 Å². The highest BCUT2D eigenvalue weighted by Crippen LogP contribution is 2.16. The van der Waals surface area contributed by atoms with Gasteiger partial charge in [0.1, 0.15) is 0 Å². The predicted octanol–water partition coefficient (Wildman–Crippen LogP) is 2.32. The van der Waals surface area contributed by atoms with Crippen LogP contribution in [-0.2, 0) is 27.7 Å². The molecule has 0 aromatic heterocycles. The maximum atomic E-state index is 11.7. The second-order valence-electron chi connectivity index (χ2n) is 6.77. The predicted molar refractivity (Wildman–Crippen MR) is 118 cm³/mol. The molecule has 0 atom stereocenters. The first-order valence-electron chi connectivity index (χ1n) is 9.39. The number of nitrogens with zero attached hydrogens (tertiary/aromatic N) is 1. The minimum atomic E-state index is -3.20. The zero-order chi connectivity index (χ0) is 21.3. The van der Waals surface area contributed by atoms with Gasteiger partial charge in [-0.1, -0.05) is 24.3 Å². The van der Waals surface area contributed by atoms with E-state index in [4.69, 9.17) is 4.74 Å². The van der Waals surface area contributed by atoms with E-state index in [-0.39, 0.29) is 0 Å². The summed E-state index contributed by atoms with van der Waals surface area (Å²) in [7, 11) is 0.200. The van der Waals surface area contributed by atoms with Crippen molar-refractivity contribution in [2.24, 2.45) is 4.99 Å². The van der Waals surface area contributed by atoms with Crippen molar-refractivity contribution in [3.8, 4) is 0 Å². The molecule has 7 nitrogen and oxygen atoms in total. The molecule has 0 unspecified atom stereocenters. The van der Waals surface area contributed by atoms with Crippen LogP contribution in [0.15, 0.2) is 52.4 Å². The molecule has 3 N–H and O–H groups in total. The fourth-order valence-corrected chi connectivity index (χ4v) is 3.83. The van der Waals surface area contributed by atoms with E-state index in [1.165, 1.54) is 6.26 Å². The number of nitrogens with one attached hydrogen (secondary N) is 3. The standard InChI is InChI=1S/C21H30N4O3S/c1-16-13-18(7-10-20(16)29(4,26)27)15-25-21(22-2)24-14-17-5-8-19(9-6-17)23-11-12-28-3/h5-10,13,23H,11-12,14-15H2,1-4H3,(H2,22,24,25). The summed E-state index contributed by atoms with van der Waals surface area (Å²) in [5.74, 6) is 0.678. The van der Waals surface area contributed by atoms with Crippen LogP contribution in [0.1, 0.15) is 16.7 Å². The van der Waals surface area contributed by atoms with Gasteiger partial charge >= 0.3 is 0 Å². The largest absolute Gasteiger partial charge is 0.383 e. The Bertz CT molecular complexity index is 925. The highest BCUT2D eigenvalue weighted by atomic mass is 32.2. The molecule has 0 heterocycles. The summed E-state index contributed by atoms with van der Waals surface area (Å²) in [6.45, 7) is 4.44. The SMILES string of the molecule is CN=C(NCc1ccc(NCCOC)cc1)NCc1ccc(S(C)(=O)=O)c(C)c1. The minimum Gasteiger partial charge on any atom is -0.383 e. The van der Waals surface area contributed by atoms with Crippen LogP contribution < -0.4 is 16.0 Å². The van der Waals surface area contributed by atoms with Gasteiger partial charge < -0.3 is 20.7 Å². The first kappa shape index (κ1) is 22.7. The second kappa shape index (κ2) is 10.8. The number of hydrogen-bond acceptors (Lipinski definition) is 5. The Kier molecular flexibility index (Phi) is 8.48. The number of ether oxygens (including phenoxy) is 1. The summed E-state index contributed by atoms with van der Waals surface area (Å²) in [4.78, 5) is 4.60. The first-order chi connectivity index (χ1) is 13.8. The normalized spacial score (nSPS) is 11.9. The average Bonchev–Trinajstić information content (AvgIpc) is 2.68. The number of benzene rings is 2. The number of aliphatic imine (C=N–C) groups is 1. The molecule has 0 radical (unpaired) electrons. The minimum absolute atomic E-state index is 0.365. The van der Waals surface area contributed by atoms with Crippen LogP contribution in [0.5, 0.6) is 0 Å². The molecule has 2 aromatic carbocycles. The highest BCUT2D eigenvalue weighted by molar-refractivity contribution is 7.90. The van der Waals surface area contributed by atoms with Crippen LogP contribution in [0.3, 0.4) is 0 Å². The molecule has 158 valence electrons. The third kappa shape index (κ3) is 7.40. The lowest BCUT2D eigenvalue weighted by Crippen LogP contribution is -2.36. The average molecular weight is 419 g/mol. The molecule has 0 spiro atoms. The summed E-state index contributed by atoms with van der Waals surface area (Å²) < 4.78 is 28.5. The molecule has 0 saturated heterocycles. The van der Waals surface area contributed by atoms with E-state index in [0.29, 0.717) is 30.6 Å². The number of guanidine groups is 1. The quantitative estimate of drug-likeness (QED) is 0.329. The molecule has 8 heteroatoms. The number of aryl methyl sites for hydroxylation is 1. The van der Waals surface area contributed by atoms with Gasteiger partial charge in [0.25, 0.3) is 0 Å². The van der Waals surface area contributed by atoms with Crippen molar-refractivity contribution in [3.05, 3.63) is 59.2 Å². The van der Waals surface area contributed by atoms with Crippen molar-refractivity contribution in [2.75, 3.05) is 38.9 Å². The van der Waals surface area contributed by atoms with Crippen molar-refractivity contribution in [1.82, 2.24) is 10.6 Å². The Balaban J connectivity index is 1.86. The van der Waals surface area contributed by atoms with Gasteiger partial charge in [-0.05, 0) is 41.8 Å². The van der Waals surface area contributed by atoms with Gasteiger partial charge in [0.2, 0.25) is 0 Å². The lowest BCUT2D eigenvalue weighted by Gasteiger charge is -2.13. The molecule has 0 fully saturated rings. The van der Waals surface area contributed by atoms with Gasteiger partial charge in [-0.15, -0.1) is 0 Å². The van der Waals surface area contributed by atoms with Crippen LogP contribution in [0.25, 0.3) is 0 Å². The molecule has 2 aromatic rings. The van der Waals surface area contributed by atoms with Gasteiger partial charge in [0.05, 0.1) is 11.5 Å². The molecular weight excluding hydrogens is 388 g/mol. The van der Waals surface area contributed by atoms with E-state index in [1.807, 2.05) is 24.3 Å². The number of rotatable bonds is 9. The number of hydrogen-bond donors (Lipinski definition) is 3. The smallest absolute Gasteiger partial charge is 0.191 e. The van der Waals surface area contributed by atoms with Crippen molar-refractivity contribution in [2.45, 2.75) is 24.9 Å². The number of sulfone groups is 1. The molecule has 0 amide bonds. The summed E-state index contributed by atoms with van der Waals surface area (Å²) in [6, 6.07) is 13.5. The fourth-order valence-electron chi connectivity index (χ4n) is 2.87. The second-order valence-corrected chi connectivity index (χ2v) is 8.75. The summed E-state index contributed by atoms with van der Waals surface area (Å²) in [5.41, 5.74) is 3.93. The van der Waals surface area contributed by atoms with Crippen molar-refractivity contribution in [1.29, 1.82) is 0 Å². The van der Waals surface area contributed by atoms with E-state index in [9.17, 15) is 8.42 Å². The molecule has 0 aliphatic heterocycles.